The second-order valence-corrected chi connectivity index (χ2v) is 8.26. The van der Waals surface area contributed by atoms with Crippen molar-refractivity contribution in [1.82, 2.24) is 10.6 Å². The molecule has 3 N–H and O–H groups in total. The predicted molar refractivity (Wildman–Crippen MR) is 103 cm³/mol. The highest BCUT2D eigenvalue weighted by atomic mass is 16.5. The molecular weight excluding hydrogens is 348 g/mol. The number of cyclic esters (lactones) is 1. The van der Waals surface area contributed by atoms with Gasteiger partial charge >= 0.3 is 5.97 Å². The second kappa shape index (κ2) is 11.1. The van der Waals surface area contributed by atoms with E-state index in [-0.39, 0.29) is 54.9 Å². The third kappa shape index (κ3) is 9.04. The summed E-state index contributed by atoms with van der Waals surface area (Å²) in [6.07, 6.45) is 6.06. The summed E-state index contributed by atoms with van der Waals surface area (Å²) in [6.45, 7) is 7.56. The molecule has 2 amide bonds. The highest BCUT2D eigenvalue weighted by Gasteiger charge is 2.31. The number of amides is 2. The second-order valence-electron chi connectivity index (χ2n) is 8.26. The van der Waals surface area contributed by atoms with E-state index < -0.39 is 5.92 Å². The van der Waals surface area contributed by atoms with Gasteiger partial charge in [-0.3, -0.25) is 14.4 Å². The van der Waals surface area contributed by atoms with Crippen molar-refractivity contribution in [2.45, 2.75) is 71.9 Å². The molecule has 0 aliphatic carbocycles. The number of carbonyl (C=O) groups is 3. The molecule has 7 heteroatoms. The van der Waals surface area contributed by atoms with Crippen molar-refractivity contribution in [3.63, 3.8) is 0 Å². The first-order chi connectivity index (χ1) is 12.6. The van der Waals surface area contributed by atoms with Gasteiger partial charge in [0.15, 0.2) is 0 Å². The Morgan fingerprint density at radius 1 is 1.37 bits per heavy atom. The molecule has 0 aromatic rings. The molecule has 0 bridgehead atoms. The van der Waals surface area contributed by atoms with Crippen LogP contribution in [0.25, 0.3) is 0 Å². The van der Waals surface area contributed by atoms with Crippen molar-refractivity contribution in [3.05, 3.63) is 12.2 Å². The first-order valence-electron chi connectivity index (χ1n) is 9.64. The molecule has 3 atom stereocenters. The van der Waals surface area contributed by atoms with Gasteiger partial charge in [0.05, 0.1) is 18.6 Å². The molecule has 1 aliphatic heterocycles. The monoisotopic (exact) mass is 382 g/mol. The molecule has 27 heavy (non-hydrogen) atoms. The van der Waals surface area contributed by atoms with Gasteiger partial charge in [-0.25, -0.2) is 0 Å². The fourth-order valence-corrected chi connectivity index (χ4v) is 2.68. The summed E-state index contributed by atoms with van der Waals surface area (Å²) in [5, 5.41) is 14.7. The largest absolute Gasteiger partial charge is 0.463 e. The standard InChI is InChI=1S/C20H34N2O5/c1-14(12-23)21-17(24)11-15-9-7-5-6-8-10-18(25)27-13-16(20(2,3)4)22-19(15)26/h5,7,14-16,23H,6,8-13H2,1-4H3,(H,21,24)(H,22,26)/t14-,15+,16+/m0/s1. The van der Waals surface area contributed by atoms with E-state index in [1.54, 1.807) is 6.92 Å². The number of nitrogens with one attached hydrogen (secondary N) is 2. The Hall–Kier alpha value is -1.89. The van der Waals surface area contributed by atoms with Crippen LogP contribution in [-0.2, 0) is 19.1 Å². The zero-order chi connectivity index (χ0) is 20.4. The number of aliphatic hydroxyl groups is 1. The molecular formula is C20H34N2O5. The minimum atomic E-state index is -0.520. The lowest BCUT2D eigenvalue weighted by molar-refractivity contribution is -0.146. The average Bonchev–Trinajstić information content (AvgIpc) is 2.59. The van der Waals surface area contributed by atoms with E-state index >= 15 is 0 Å². The third-order valence-electron chi connectivity index (χ3n) is 4.60. The lowest BCUT2D eigenvalue weighted by Crippen LogP contribution is -2.49. The Kier molecular flexibility index (Phi) is 9.49. The minimum Gasteiger partial charge on any atom is -0.463 e. The molecule has 0 aromatic carbocycles. The number of carbonyl (C=O) groups excluding carboxylic acids is 3. The fourth-order valence-electron chi connectivity index (χ4n) is 2.68. The molecule has 0 aromatic heterocycles. The lowest BCUT2D eigenvalue weighted by atomic mass is 9.86. The molecule has 0 saturated carbocycles. The summed E-state index contributed by atoms with van der Waals surface area (Å²) in [7, 11) is 0. The van der Waals surface area contributed by atoms with Gasteiger partial charge < -0.3 is 20.5 Å². The number of allylic oxidation sites excluding steroid dienone is 2. The topological polar surface area (TPSA) is 105 Å². The SMILES string of the molecule is C[C@@H](CO)NC(=O)C[C@H]1CC=CCCCC(=O)OC[C@H](C(C)(C)C)NC1=O. The molecule has 0 saturated heterocycles. The van der Waals surface area contributed by atoms with E-state index in [1.807, 2.05) is 32.9 Å². The van der Waals surface area contributed by atoms with Crippen LogP contribution >= 0.6 is 0 Å². The molecule has 0 unspecified atom stereocenters. The van der Waals surface area contributed by atoms with Crippen LogP contribution in [0.15, 0.2) is 12.2 Å². The van der Waals surface area contributed by atoms with Crippen LogP contribution in [0, 0.1) is 11.3 Å². The summed E-state index contributed by atoms with van der Waals surface area (Å²) in [5.74, 6) is -1.29. The van der Waals surface area contributed by atoms with E-state index in [1.165, 1.54) is 0 Å². The van der Waals surface area contributed by atoms with Crippen molar-refractivity contribution in [2.75, 3.05) is 13.2 Å². The summed E-state index contributed by atoms with van der Waals surface area (Å²) >= 11 is 0. The number of hydrogen-bond donors (Lipinski definition) is 3. The van der Waals surface area contributed by atoms with Crippen molar-refractivity contribution >= 4 is 17.8 Å². The van der Waals surface area contributed by atoms with Crippen LogP contribution in [0.1, 0.15) is 59.8 Å². The number of hydrogen-bond acceptors (Lipinski definition) is 5. The number of rotatable bonds is 4. The van der Waals surface area contributed by atoms with Gasteiger partial charge in [-0.1, -0.05) is 32.9 Å². The maximum atomic E-state index is 12.8. The van der Waals surface area contributed by atoms with E-state index in [0.29, 0.717) is 19.3 Å². The molecule has 0 spiro atoms. The van der Waals surface area contributed by atoms with E-state index in [2.05, 4.69) is 10.6 Å². The highest BCUT2D eigenvalue weighted by molar-refractivity contribution is 5.86. The van der Waals surface area contributed by atoms with Gasteiger partial charge in [-0.2, -0.15) is 0 Å². The summed E-state index contributed by atoms with van der Waals surface area (Å²) in [5.41, 5.74) is -0.301. The average molecular weight is 383 g/mol. The molecule has 1 aliphatic rings. The normalized spacial score (nSPS) is 23.9. The Labute approximate surface area is 161 Å². The maximum absolute atomic E-state index is 12.8. The van der Waals surface area contributed by atoms with Crippen LogP contribution in [0.5, 0.6) is 0 Å². The molecule has 7 nitrogen and oxygen atoms in total. The quantitative estimate of drug-likeness (QED) is 0.507. The molecule has 1 rings (SSSR count). The maximum Gasteiger partial charge on any atom is 0.305 e. The zero-order valence-electron chi connectivity index (χ0n) is 16.9. The number of aliphatic hydroxyl groups excluding tert-OH is 1. The number of ether oxygens (including phenoxy) is 1. The highest BCUT2D eigenvalue weighted by Crippen LogP contribution is 2.22. The van der Waals surface area contributed by atoms with Crippen LogP contribution in [0.3, 0.4) is 0 Å². The third-order valence-corrected chi connectivity index (χ3v) is 4.60. The van der Waals surface area contributed by atoms with Crippen LogP contribution in [0.2, 0.25) is 0 Å². The molecule has 154 valence electrons. The first-order valence-corrected chi connectivity index (χ1v) is 9.64. The lowest BCUT2D eigenvalue weighted by Gasteiger charge is -2.32. The van der Waals surface area contributed by atoms with Gasteiger partial charge in [-0.15, -0.1) is 0 Å². The molecule has 1 heterocycles. The Balaban J connectivity index is 2.91. The van der Waals surface area contributed by atoms with Crippen LogP contribution in [0.4, 0.5) is 0 Å². The van der Waals surface area contributed by atoms with Crippen molar-refractivity contribution in [2.24, 2.45) is 11.3 Å². The smallest absolute Gasteiger partial charge is 0.305 e. The van der Waals surface area contributed by atoms with Crippen molar-refractivity contribution < 1.29 is 24.2 Å². The summed E-state index contributed by atoms with van der Waals surface area (Å²) in [4.78, 5) is 36.9. The minimum absolute atomic E-state index is 0.0389. The first kappa shape index (κ1) is 23.1. The fraction of sp³-hybridized carbons (Fsp3) is 0.750. The van der Waals surface area contributed by atoms with Gasteiger partial charge in [0, 0.05) is 18.9 Å². The molecule has 0 fully saturated rings. The van der Waals surface area contributed by atoms with Crippen LogP contribution in [-0.4, -0.2) is 48.2 Å². The summed E-state index contributed by atoms with van der Waals surface area (Å²) in [6, 6.07) is -0.701. The van der Waals surface area contributed by atoms with E-state index in [4.69, 9.17) is 9.84 Å². The van der Waals surface area contributed by atoms with Crippen LogP contribution < -0.4 is 10.6 Å². The Morgan fingerprint density at radius 3 is 2.70 bits per heavy atom. The predicted octanol–water partition coefficient (Wildman–Crippen LogP) is 1.69. The van der Waals surface area contributed by atoms with E-state index in [0.717, 1.165) is 6.42 Å². The van der Waals surface area contributed by atoms with Gasteiger partial charge in [-0.05, 0) is 31.6 Å². The van der Waals surface area contributed by atoms with Crippen molar-refractivity contribution in [3.8, 4) is 0 Å². The number of esters is 1. The van der Waals surface area contributed by atoms with Gasteiger partial charge in [0.2, 0.25) is 11.8 Å². The van der Waals surface area contributed by atoms with Crippen molar-refractivity contribution in [1.29, 1.82) is 0 Å². The molecule has 0 radical (unpaired) electrons. The Bertz CT molecular complexity index is 539. The zero-order valence-corrected chi connectivity index (χ0v) is 16.9. The van der Waals surface area contributed by atoms with Gasteiger partial charge in [0.25, 0.3) is 0 Å². The van der Waals surface area contributed by atoms with E-state index in [9.17, 15) is 14.4 Å². The summed E-state index contributed by atoms with van der Waals surface area (Å²) < 4.78 is 5.34. The van der Waals surface area contributed by atoms with Gasteiger partial charge in [0.1, 0.15) is 6.61 Å². The Morgan fingerprint density at radius 2 is 2.07 bits per heavy atom.